The molecule has 5 heteroatoms. The molecule has 1 aromatic carbocycles. The van der Waals surface area contributed by atoms with Crippen LogP contribution in [0.4, 0.5) is 0 Å². The van der Waals surface area contributed by atoms with Crippen LogP contribution in [0, 0.1) is 13.8 Å². The zero-order valence-electron chi connectivity index (χ0n) is 13.0. The lowest BCUT2D eigenvalue weighted by atomic mass is 10.1. The Bertz CT molecular complexity index is 574. The summed E-state index contributed by atoms with van der Waals surface area (Å²) < 4.78 is 15.7. The number of nitrogens with zero attached hydrogens (tertiary/aromatic N) is 1. The number of benzene rings is 1. The van der Waals surface area contributed by atoms with Crippen LogP contribution in [0.3, 0.4) is 0 Å². The molecule has 21 heavy (non-hydrogen) atoms. The number of ether oxygens (including phenoxy) is 2. The Morgan fingerprint density at radius 1 is 1.14 bits per heavy atom. The second-order valence-corrected chi connectivity index (χ2v) is 4.92. The predicted molar refractivity (Wildman–Crippen MR) is 80.9 cm³/mol. The molecule has 0 unspecified atom stereocenters. The molecular formula is C16H22N2O3. The Kier molecular flexibility index (Phi) is 5.22. The summed E-state index contributed by atoms with van der Waals surface area (Å²) in [4.78, 5) is 0. The van der Waals surface area contributed by atoms with Crippen LogP contribution >= 0.6 is 0 Å². The van der Waals surface area contributed by atoms with Crippen LogP contribution in [0.5, 0.6) is 11.5 Å². The van der Waals surface area contributed by atoms with Crippen molar-refractivity contribution in [2.45, 2.75) is 26.8 Å². The first kappa shape index (κ1) is 15.4. The van der Waals surface area contributed by atoms with Crippen molar-refractivity contribution in [1.29, 1.82) is 0 Å². The molecule has 0 radical (unpaired) electrons. The van der Waals surface area contributed by atoms with Crippen LogP contribution in [-0.4, -0.2) is 25.9 Å². The van der Waals surface area contributed by atoms with Crippen molar-refractivity contribution in [2.24, 2.45) is 0 Å². The van der Waals surface area contributed by atoms with Gasteiger partial charge in [-0.1, -0.05) is 11.2 Å². The SMILES string of the molecule is COc1ccc(CCNCc2c(C)noc2C)cc1OC. The smallest absolute Gasteiger partial charge is 0.160 e. The van der Waals surface area contributed by atoms with E-state index in [0.29, 0.717) is 0 Å². The van der Waals surface area contributed by atoms with Crippen molar-refractivity contribution in [3.63, 3.8) is 0 Å². The number of rotatable bonds is 7. The number of nitrogens with one attached hydrogen (secondary N) is 1. The number of hydrogen-bond acceptors (Lipinski definition) is 5. The van der Waals surface area contributed by atoms with Gasteiger partial charge in [0.05, 0.1) is 19.9 Å². The number of aromatic nitrogens is 1. The Morgan fingerprint density at radius 3 is 2.52 bits per heavy atom. The summed E-state index contributed by atoms with van der Waals surface area (Å²) in [6, 6.07) is 6.00. The van der Waals surface area contributed by atoms with Crippen LogP contribution in [0.2, 0.25) is 0 Å². The van der Waals surface area contributed by atoms with E-state index in [0.717, 1.165) is 48.0 Å². The summed E-state index contributed by atoms with van der Waals surface area (Å²) in [5.74, 6) is 2.40. The lowest BCUT2D eigenvalue weighted by Crippen LogP contribution is -2.17. The average Bonchev–Trinajstić information content (AvgIpc) is 2.82. The zero-order valence-corrected chi connectivity index (χ0v) is 13.0. The van der Waals surface area contributed by atoms with Crippen molar-refractivity contribution in [1.82, 2.24) is 10.5 Å². The summed E-state index contributed by atoms with van der Waals surface area (Å²) >= 11 is 0. The molecule has 5 nitrogen and oxygen atoms in total. The Labute approximate surface area is 125 Å². The lowest BCUT2D eigenvalue weighted by Gasteiger charge is -2.10. The molecular weight excluding hydrogens is 268 g/mol. The molecule has 0 fully saturated rings. The van der Waals surface area contributed by atoms with Gasteiger partial charge in [-0.05, 0) is 44.5 Å². The van der Waals surface area contributed by atoms with Gasteiger partial charge in [-0.25, -0.2) is 0 Å². The lowest BCUT2D eigenvalue weighted by molar-refractivity contribution is 0.354. The third-order valence-electron chi connectivity index (χ3n) is 3.52. The first-order chi connectivity index (χ1) is 10.2. The molecule has 0 saturated heterocycles. The molecule has 114 valence electrons. The van der Waals surface area contributed by atoms with E-state index < -0.39 is 0 Å². The highest BCUT2D eigenvalue weighted by atomic mass is 16.5. The molecule has 0 aliphatic carbocycles. The molecule has 0 saturated carbocycles. The summed E-state index contributed by atoms with van der Waals surface area (Å²) in [6.07, 6.45) is 0.920. The van der Waals surface area contributed by atoms with Gasteiger partial charge in [-0.2, -0.15) is 0 Å². The molecule has 1 heterocycles. The molecule has 0 aliphatic rings. The molecule has 0 atom stereocenters. The minimum absolute atomic E-state index is 0.755. The van der Waals surface area contributed by atoms with Gasteiger partial charge >= 0.3 is 0 Å². The minimum atomic E-state index is 0.755. The third-order valence-corrected chi connectivity index (χ3v) is 3.52. The maximum atomic E-state index is 5.31. The van der Waals surface area contributed by atoms with Gasteiger partial charge < -0.3 is 19.3 Å². The normalized spacial score (nSPS) is 10.7. The van der Waals surface area contributed by atoms with Gasteiger partial charge in [0.15, 0.2) is 11.5 Å². The molecule has 1 aromatic heterocycles. The largest absolute Gasteiger partial charge is 0.493 e. The third kappa shape index (κ3) is 3.76. The molecule has 0 spiro atoms. The first-order valence-electron chi connectivity index (χ1n) is 6.99. The van der Waals surface area contributed by atoms with E-state index >= 15 is 0 Å². The van der Waals surface area contributed by atoms with Crippen LogP contribution in [0.25, 0.3) is 0 Å². The minimum Gasteiger partial charge on any atom is -0.493 e. The van der Waals surface area contributed by atoms with Crippen molar-refractivity contribution in [3.8, 4) is 11.5 Å². The number of aryl methyl sites for hydroxylation is 2. The fraction of sp³-hybridized carbons (Fsp3) is 0.438. The summed E-state index contributed by atoms with van der Waals surface area (Å²) in [5.41, 5.74) is 3.30. The van der Waals surface area contributed by atoms with E-state index in [1.807, 2.05) is 26.0 Å². The van der Waals surface area contributed by atoms with Gasteiger partial charge in [0.1, 0.15) is 5.76 Å². The summed E-state index contributed by atoms with van der Waals surface area (Å²) in [7, 11) is 3.29. The monoisotopic (exact) mass is 290 g/mol. The topological polar surface area (TPSA) is 56.5 Å². The maximum absolute atomic E-state index is 5.31. The van der Waals surface area contributed by atoms with Crippen molar-refractivity contribution in [2.75, 3.05) is 20.8 Å². The molecule has 0 amide bonds. The van der Waals surface area contributed by atoms with E-state index in [1.54, 1.807) is 14.2 Å². The second-order valence-electron chi connectivity index (χ2n) is 4.92. The average molecular weight is 290 g/mol. The Morgan fingerprint density at radius 2 is 1.90 bits per heavy atom. The van der Waals surface area contributed by atoms with Gasteiger partial charge in [-0.15, -0.1) is 0 Å². The fourth-order valence-electron chi connectivity index (χ4n) is 2.24. The van der Waals surface area contributed by atoms with Crippen LogP contribution in [0.1, 0.15) is 22.6 Å². The summed E-state index contributed by atoms with van der Waals surface area (Å²) in [5, 5.41) is 7.36. The maximum Gasteiger partial charge on any atom is 0.160 e. The molecule has 0 aliphatic heterocycles. The van der Waals surface area contributed by atoms with Crippen molar-refractivity contribution in [3.05, 3.63) is 40.8 Å². The van der Waals surface area contributed by atoms with Crippen molar-refractivity contribution >= 4 is 0 Å². The molecule has 2 rings (SSSR count). The highest BCUT2D eigenvalue weighted by molar-refractivity contribution is 5.42. The van der Waals surface area contributed by atoms with E-state index in [9.17, 15) is 0 Å². The second kappa shape index (κ2) is 7.13. The summed E-state index contributed by atoms with van der Waals surface area (Å²) in [6.45, 7) is 5.54. The van der Waals surface area contributed by atoms with Gasteiger partial charge in [0.2, 0.25) is 0 Å². The van der Waals surface area contributed by atoms with E-state index in [-0.39, 0.29) is 0 Å². The number of methoxy groups -OCH3 is 2. The molecule has 1 N–H and O–H groups in total. The zero-order chi connectivity index (χ0) is 15.2. The Hall–Kier alpha value is -2.01. The van der Waals surface area contributed by atoms with E-state index in [4.69, 9.17) is 14.0 Å². The van der Waals surface area contributed by atoms with Gasteiger partial charge in [-0.3, -0.25) is 0 Å². The van der Waals surface area contributed by atoms with Crippen LogP contribution in [-0.2, 0) is 13.0 Å². The standard InChI is InChI=1S/C16H22N2O3/c1-11-14(12(2)21-18-11)10-17-8-7-13-5-6-15(19-3)16(9-13)20-4/h5-6,9,17H,7-8,10H2,1-4H3. The quantitative estimate of drug-likeness (QED) is 0.794. The van der Waals surface area contributed by atoms with Gasteiger partial charge in [0.25, 0.3) is 0 Å². The molecule has 2 aromatic rings. The fourth-order valence-corrected chi connectivity index (χ4v) is 2.24. The number of hydrogen-bond donors (Lipinski definition) is 1. The first-order valence-corrected chi connectivity index (χ1v) is 6.99. The van der Waals surface area contributed by atoms with Crippen LogP contribution < -0.4 is 14.8 Å². The molecule has 0 bridgehead atoms. The van der Waals surface area contributed by atoms with Crippen molar-refractivity contribution < 1.29 is 14.0 Å². The van der Waals surface area contributed by atoms with Gasteiger partial charge in [0, 0.05) is 12.1 Å². The van der Waals surface area contributed by atoms with E-state index in [2.05, 4.69) is 16.5 Å². The highest BCUT2D eigenvalue weighted by Gasteiger charge is 2.08. The highest BCUT2D eigenvalue weighted by Crippen LogP contribution is 2.27. The van der Waals surface area contributed by atoms with Crippen LogP contribution in [0.15, 0.2) is 22.7 Å². The predicted octanol–water partition coefficient (Wildman–Crippen LogP) is 2.64. The Balaban J connectivity index is 1.86. The van der Waals surface area contributed by atoms with E-state index in [1.165, 1.54) is 5.56 Å².